The van der Waals surface area contributed by atoms with Gasteiger partial charge in [0.25, 0.3) is 0 Å². The van der Waals surface area contributed by atoms with Crippen molar-refractivity contribution in [1.29, 1.82) is 0 Å². The molecule has 0 saturated carbocycles. The molecule has 0 aliphatic carbocycles. The first kappa shape index (κ1) is 11.7. The highest BCUT2D eigenvalue weighted by Gasteiger charge is 2.24. The molecule has 1 aromatic carbocycles. The molecule has 4 rings (SSSR count). The molecule has 0 unspecified atom stereocenters. The first-order valence-electron chi connectivity index (χ1n) is 6.96. The first-order chi connectivity index (χ1) is 9.81. The van der Waals surface area contributed by atoms with E-state index in [1.807, 2.05) is 0 Å². The Morgan fingerprint density at radius 2 is 2.00 bits per heavy atom. The van der Waals surface area contributed by atoms with E-state index in [0.717, 1.165) is 49.7 Å². The van der Waals surface area contributed by atoms with Crippen LogP contribution in [0, 0.1) is 0 Å². The topological polar surface area (TPSA) is 61.0 Å². The summed E-state index contributed by atoms with van der Waals surface area (Å²) >= 11 is 0. The zero-order chi connectivity index (χ0) is 13.5. The van der Waals surface area contributed by atoms with Gasteiger partial charge in [-0.3, -0.25) is 0 Å². The minimum atomic E-state index is -0.249. The van der Waals surface area contributed by atoms with Gasteiger partial charge < -0.3 is 15.2 Å². The molecule has 0 amide bonds. The third-order valence-corrected chi connectivity index (χ3v) is 4.13. The van der Waals surface area contributed by atoms with Crippen molar-refractivity contribution in [3.05, 3.63) is 57.1 Å². The van der Waals surface area contributed by atoms with Crippen molar-refractivity contribution in [1.82, 2.24) is 15.3 Å². The molecule has 0 fully saturated rings. The lowest BCUT2D eigenvalue weighted by Crippen LogP contribution is -2.33. The van der Waals surface area contributed by atoms with Crippen LogP contribution in [0.15, 0.2) is 29.1 Å². The van der Waals surface area contributed by atoms with E-state index < -0.39 is 0 Å². The SMILES string of the molecule is O=c1nc(N2CCc3ccccc3C2)c2c([nH]1)CNC2. The average Bonchev–Trinajstić information content (AvgIpc) is 2.94. The van der Waals surface area contributed by atoms with Crippen LogP contribution >= 0.6 is 0 Å². The summed E-state index contributed by atoms with van der Waals surface area (Å²) in [5, 5.41) is 3.28. The van der Waals surface area contributed by atoms with Gasteiger partial charge in [0, 0.05) is 37.4 Å². The molecule has 1 aromatic heterocycles. The van der Waals surface area contributed by atoms with Crippen LogP contribution in [0.25, 0.3) is 0 Å². The Labute approximate surface area is 116 Å². The van der Waals surface area contributed by atoms with E-state index >= 15 is 0 Å². The van der Waals surface area contributed by atoms with Gasteiger partial charge >= 0.3 is 5.69 Å². The maximum atomic E-state index is 11.7. The van der Waals surface area contributed by atoms with Gasteiger partial charge in [0.2, 0.25) is 0 Å². The van der Waals surface area contributed by atoms with Gasteiger partial charge in [-0.2, -0.15) is 4.98 Å². The predicted molar refractivity (Wildman–Crippen MR) is 76.6 cm³/mol. The van der Waals surface area contributed by atoms with Crippen LogP contribution in [0.1, 0.15) is 22.4 Å². The summed E-state index contributed by atoms with van der Waals surface area (Å²) in [6.45, 7) is 3.26. The summed E-state index contributed by atoms with van der Waals surface area (Å²) in [6, 6.07) is 8.50. The fourth-order valence-electron chi connectivity index (χ4n) is 3.12. The molecule has 5 nitrogen and oxygen atoms in total. The monoisotopic (exact) mass is 268 g/mol. The van der Waals surface area contributed by atoms with Crippen LogP contribution in [0.4, 0.5) is 5.82 Å². The summed E-state index contributed by atoms with van der Waals surface area (Å²) < 4.78 is 0. The second-order valence-electron chi connectivity index (χ2n) is 5.37. The number of anilines is 1. The number of hydrogen-bond acceptors (Lipinski definition) is 4. The molecule has 20 heavy (non-hydrogen) atoms. The zero-order valence-electron chi connectivity index (χ0n) is 11.1. The van der Waals surface area contributed by atoms with Gasteiger partial charge in [0.05, 0.1) is 0 Å². The summed E-state index contributed by atoms with van der Waals surface area (Å²) in [6.07, 6.45) is 1.01. The molecule has 2 N–H and O–H groups in total. The third-order valence-electron chi connectivity index (χ3n) is 4.13. The summed E-state index contributed by atoms with van der Waals surface area (Å²) in [5.41, 5.74) is 4.62. The van der Waals surface area contributed by atoms with Crippen molar-refractivity contribution in [2.45, 2.75) is 26.1 Å². The number of nitrogens with one attached hydrogen (secondary N) is 2. The van der Waals surface area contributed by atoms with Crippen LogP contribution in [0.2, 0.25) is 0 Å². The number of benzene rings is 1. The van der Waals surface area contributed by atoms with Crippen LogP contribution in [0.3, 0.4) is 0 Å². The molecule has 0 atom stereocenters. The highest BCUT2D eigenvalue weighted by molar-refractivity contribution is 5.52. The summed E-state index contributed by atoms with van der Waals surface area (Å²) in [5.74, 6) is 0.850. The van der Waals surface area contributed by atoms with Gasteiger partial charge in [0.15, 0.2) is 0 Å². The molecule has 0 bridgehead atoms. The predicted octanol–water partition coefficient (Wildman–Crippen LogP) is 0.936. The van der Waals surface area contributed by atoms with Crippen molar-refractivity contribution in [2.24, 2.45) is 0 Å². The van der Waals surface area contributed by atoms with Crippen LogP contribution in [0.5, 0.6) is 0 Å². The molecular formula is C15H16N4O. The molecule has 0 saturated heterocycles. The normalized spacial score (nSPS) is 16.9. The standard InChI is InChI=1S/C15H16N4O/c20-15-17-13-8-16-7-12(13)14(18-15)19-6-5-10-3-1-2-4-11(10)9-19/h1-4,16H,5-9H2,(H,17,18,20). The van der Waals surface area contributed by atoms with E-state index in [1.165, 1.54) is 11.1 Å². The Morgan fingerprint density at radius 1 is 1.15 bits per heavy atom. The lowest BCUT2D eigenvalue weighted by atomic mass is 9.99. The van der Waals surface area contributed by atoms with E-state index in [1.54, 1.807) is 0 Å². The van der Waals surface area contributed by atoms with E-state index in [4.69, 9.17) is 0 Å². The number of hydrogen-bond donors (Lipinski definition) is 2. The molecule has 0 radical (unpaired) electrons. The molecule has 102 valence electrons. The van der Waals surface area contributed by atoms with E-state index in [0.29, 0.717) is 0 Å². The second kappa shape index (κ2) is 4.45. The van der Waals surface area contributed by atoms with Gasteiger partial charge in [-0.25, -0.2) is 4.79 Å². The number of fused-ring (bicyclic) bond motifs is 2. The highest BCUT2D eigenvalue weighted by atomic mass is 16.1. The summed E-state index contributed by atoms with van der Waals surface area (Å²) in [4.78, 5) is 21.0. The van der Waals surface area contributed by atoms with Gasteiger partial charge in [0.1, 0.15) is 5.82 Å². The molecule has 2 aliphatic rings. The number of nitrogens with zero attached hydrogens (tertiary/aromatic N) is 2. The van der Waals surface area contributed by atoms with E-state index in [2.05, 4.69) is 44.5 Å². The Morgan fingerprint density at radius 3 is 2.90 bits per heavy atom. The number of rotatable bonds is 1. The molecule has 2 aliphatic heterocycles. The maximum absolute atomic E-state index is 11.7. The second-order valence-corrected chi connectivity index (χ2v) is 5.37. The number of aromatic amines is 1. The lowest BCUT2D eigenvalue weighted by molar-refractivity contribution is 0.708. The Balaban J connectivity index is 1.75. The summed E-state index contributed by atoms with van der Waals surface area (Å²) in [7, 11) is 0. The Bertz CT molecular complexity index is 722. The molecule has 0 spiro atoms. The maximum Gasteiger partial charge on any atom is 0.347 e. The fourth-order valence-corrected chi connectivity index (χ4v) is 3.12. The van der Waals surface area contributed by atoms with E-state index in [-0.39, 0.29) is 5.69 Å². The number of H-pyrrole nitrogens is 1. The minimum absolute atomic E-state index is 0.249. The van der Waals surface area contributed by atoms with Crippen LogP contribution in [-0.2, 0) is 26.1 Å². The van der Waals surface area contributed by atoms with Gasteiger partial charge in [-0.1, -0.05) is 24.3 Å². The fraction of sp³-hybridized carbons (Fsp3) is 0.333. The van der Waals surface area contributed by atoms with Crippen LogP contribution in [-0.4, -0.2) is 16.5 Å². The molecular weight excluding hydrogens is 252 g/mol. The molecule has 3 heterocycles. The van der Waals surface area contributed by atoms with Crippen molar-refractivity contribution < 1.29 is 0 Å². The minimum Gasteiger partial charge on any atom is -0.351 e. The van der Waals surface area contributed by atoms with Crippen molar-refractivity contribution >= 4 is 5.82 Å². The lowest BCUT2D eigenvalue weighted by Gasteiger charge is -2.30. The van der Waals surface area contributed by atoms with Gasteiger partial charge in [-0.15, -0.1) is 0 Å². The zero-order valence-corrected chi connectivity index (χ0v) is 11.1. The third kappa shape index (κ3) is 1.82. The van der Waals surface area contributed by atoms with Crippen molar-refractivity contribution in [2.75, 3.05) is 11.4 Å². The molecule has 5 heteroatoms. The van der Waals surface area contributed by atoms with Crippen LogP contribution < -0.4 is 15.9 Å². The van der Waals surface area contributed by atoms with E-state index in [9.17, 15) is 4.79 Å². The Kier molecular flexibility index (Phi) is 2.60. The smallest absolute Gasteiger partial charge is 0.347 e. The van der Waals surface area contributed by atoms with Crippen molar-refractivity contribution in [3.63, 3.8) is 0 Å². The quantitative estimate of drug-likeness (QED) is 0.808. The molecule has 2 aromatic rings. The van der Waals surface area contributed by atoms with Crippen molar-refractivity contribution in [3.8, 4) is 0 Å². The first-order valence-corrected chi connectivity index (χ1v) is 6.96. The largest absolute Gasteiger partial charge is 0.351 e. The highest BCUT2D eigenvalue weighted by Crippen LogP contribution is 2.27. The van der Waals surface area contributed by atoms with Gasteiger partial charge in [-0.05, 0) is 17.5 Å². The Hall–Kier alpha value is -2.14. The average molecular weight is 268 g/mol. The number of aromatic nitrogens is 2.